The number of anilines is 2. The number of fused-ring (bicyclic) bond motifs is 1. The zero-order valence-electron chi connectivity index (χ0n) is 12.7. The van der Waals surface area contributed by atoms with Gasteiger partial charge in [0.2, 0.25) is 5.91 Å². The fraction of sp³-hybridized carbons (Fsp3) is 0.500. The Kier molecular flexibility index (Phi) is 3.46. The molecule has 1 spiro atoms. The third kappa shape index (κ3) is 2.55. The van der Waals surface area contributed by atoms with Crippen LogP contribution in [0.5, 0.6) is 5.75 Å². The molecule has 1 unspecified atom stereocenters. The van der Waals surface area contributed by atoms with Crippen molar-refractivity contribution in [3.8, 4) is 5.75 Å². The Hall–Kier alpha value is -2.12. The van der Waals surface area contributed by atoms with Crippen molar-refractivity contribution in [3.05, 3.63) is 18.2 Å². The third-order valence-electron chi connectivity index (χ3n) is 4.90. The summed E-state index contributed by atoms with van der Waals surface area (Å²) in [6, 6.07) is 5.07. The van der Waals surface area contributed by atoms with Gasteiger partial charge in [-0.15, -0.1) is 0 Å². The van der Waals surface area contributed by atoms with Gasteiger partial charge >= 0.3 is 0 Å². The van der Waals surface area contributed by atoms with Crippen molar-refractivity contribution in [1.82, 2.24) is 5.32 Å². The van der Waals surface area contributed by atoms with Crippen LogP contribution in [0.4, 0.5) is 11.4 Å². The molecule has 0 aliphatic carbocycles. The molecule has 7 nitrogen and oxygen atoms in total. The Morgan fingerprint density at radius 2 is 2.13 bits per heavy atom. The van der Waals surface area contributed by atoms with Gasteiger partial charge in [-0.3, -0.25) is 9.59 Å². The minimum Gasteiger partial charge on any atom is -0.482 e. The fourth-order valence-corrected chi connectivity index (χ4v) is 3.48. The van der Waals surface area contributed by atoms with Crippen molar-refractivity contribution < 1.29 is 19.1 Å². The van der Waals surface area contributed by atoms with E-state index in [4.69, 9.17) is 9.47 Å². The summed E-state index contributed by atoms with van der Waals surface area (Å²) in [6.07, 6.45) is 1.82. The Balaban J connectivity index is 1.47. The highest BCUT2D eigenvalue weighted by molar-refractivity contribution is 5.99. The second-order valence-corrected chi connectivity index (χ2v) is 6.33. The molecule has 2 fully saturated rings. The van der Waals surface area contributed by atoms with Crippen molar-refractivity contribution in [2.45, 2.75) is 18.9 Å². The Morgan fingerprint density at radius 1 is 1.30 bits per heavy atom. The van der Waals surface area contributed by atoms with Gasteiger partial charge in [0, 0.05) is 30.9 Å². The summed E-state index contributed by atoms with van der Waals surface area (Å²) >= 11 is 0. The maximum absolute atomic E-state index is 12.6. The molecule has 1 atom stereocenters. The largest absolute Gasteiger partial charge is 0.482 e. The molecular weight excluding hydrogens is 298 g/mol. The van der Waals surface area contributed by atoms with Gasteiger partial charge < -0.3 is 25.4 Å². The topological polar surface area (TPSA) is 88.7 Å². The van der Waals surface area contributed by atoms with E-state index in [-0.39, 0.29) is 29.9 Å². The van der Waals surface area contributed by atoms with Crippen LogP contribution in [-0.2, 0) is 14.3 Å². The molecule has 1 aromatic carbocycles. The summed E-state index contributed by atoms with van der Waals surface area (Å²) in [6.45, 7) is 2.32. The van der Waals surface area contributed by atoms with Crippen molar-refractivity contribution in [1.29, 1.82) is 0 Å². The van der Waals surface area contributed by atoms with Crippen LogP contribution in [0.1, 0.15) is 12.8 Å². The number of carbonyl (C=O) groups excluding carboxylic acids is 2. The molecule has 0 bridgehead atoms. The molecule has 1 aromatic rings. The van der Waals surface area contributed by atoms with Gasteiger partial charge in [-0.25, -0.2) is 0 Å². The van der Waals surface area contributed by atoms with E-state index in [1.807, 2.05) is 0 Å². The second-order valence-electron chi connectivity index (χ2n) is 6.33. The zero-order chi connectivity index (χ0) is 15.9. The molecule has 0 radical (unpaired) electrons. The quantitative estimate of drug-likeness (QED) is 0.748. The molecule has 0 aromatic heterocycles. The standard InChI is InChI=1S/C16H19N3O4/c20-13-8-23-12-2-1-10(7-11(12)19-13)18-15(21)14-16(9-17-14)3-5-22-6-4-16/h1-2,7,14,17H,3-6,8-9H2,(H,18,21)(H,19,20). The van der Waals surface area contributed by atoms with Gasteiger partial charge in [-0.05, 0) is 31.0 Å². The molecule has 7 heteroatoms. The monoisotopic (exact) mass is 317 g/mol. The highest BCUT2D eigenvalue weighted by Crippen LogP contribution is 2.40. The van der Waals surface area contributed by atoms with Crippen LogP contribution in [0, 0.1) is 5.41 Å². The van der Waals surface area contributed by atoms with Crippen LogP contribution < -0.4 is 20.7 Å². The van der Waals surface area contributed by atoms with Gasteiger partial charge in [-0.1, -0.05) is 0 Å². The number of hydrogen-bond donors (Lipinski definition) is 3. The number of nitrogens with one attached hydrogen (secondary N) is 3. The molecule has 3 aliphatic heterocycles. The van der Waals surface area contributed by atoms with Crippen LogP contribution in [0.15, 0.2) is 18.2 Å². The molecule has 3 aliphatic rings. The van der Waals surface area contributed by atoms with Crippen LogP contribution in [0.25, 0.3) is 0 Å². The molecule has 3 N–H and O–H groups in total. The lowest BCUT2D eigenvalue weighted by molar-refractivity contribution is -0.130. The van der Waals surface area contributed by atoms with Crippen molar-refractivity contribution in [2.24, 2.45) is 5.41 Å². The molecule has 4 rings (SSSR count). The number of benzene rings is 1. The van der Waals surface area contributed by atoms with E-state index in [9.17, 15) is 9.59 Å². The first kappa shape index (κ1) is 14.5. The highest BCUT2D eigenvalue weighted by atomic mass is 16.5. The number of carbonyl (C=O) groups is 2. The smallest absolute Gasteiger partial charge is 0.262 e. The Labute approximate surface area is 133 Å². The molecular formula is C16H19N3O4. The van der Waals surface area contributed by atoms with Crippen LogP contribution in [0.3, 0.4) is 0 Å². The first-order chi connectivity index (χ1) is 11.2. The van der Waals surface area contributed by atoms with Gasteiger partial charge in [-0.2, -0.15) is 0 Å². The van der Waals surface area contributed by atoms with E-state index in [0.717, 1.165) is 19.4 Å². The summed E-state index contributed by atoms with van der Waals surface area (Å²) in [5.41, 5.74) is 1.25. The summed E-state index contributed by atoms with van der Waals surface area (Å²) in [7, 11) is 0. The number of hydrogen-bond acceptors (Lipinski definition) is 5. The van der Waals surface area contributed by atoms with Crippen LogP contribution in [-0.4, -0.2) is 44.2 Å². The molecule has 2 amide bonds. The molecule has 0 saturated carbocycles. The van der Waals surface area contributed by atoms with Crippen LogP contribution in [0.2, 0.25) is 0 Å². The normalized spacial score (nSPS) is 24.9. The van der Waals surface area contributed by atoms with E-state index in [0.29, 0.717) is 30.3 Å². The van der Waals surface area contributed by atoms with E-state index in [2.05, 4.69) is 16.0 Å². The van der Waals surface area contributed by atoms with Gasteiger partial charge in [0.1, 0.15) is 5.75 Å². The number of ether oxygens (including phenoxy) is 2. The molecule has 2 saturated heterocycles. The summed E-state index contributed by atoms with van der Waals surface area (Å²) in [4.78, 5) is 23.9. The van der Waals surface area contributed by atoms with Crippen LogP contribution >= 0.6 is 0 Å². The van der Waals surface area contributed by atoms with Gasteiger partial charge in [0.25, 0.3) is 5.91 Å². The first-order valence-electron chi connectivity index (χ1n) is 7.85. The van der Waals surface area contributed by atoms with Crippen molar-refractivity contribution in [2.75, 3.05) is 37.0 Å². The lowest BCUT2D eigenvalue weighted by Crippen LogP contribution is -2.68. The summed E-state index contributed by atoms with van der Waals surface area (Å²) in [5.74, 6) is 0.384. The number of amides is 2. The Morgan fingerprint density at radius 3 is 2.87 bits per heavy atom. The second kappa shape index (κ2) is 5.50. The SMILES string of the molecule is O=C1COc2ccc(NC(=O)C3NCC34CCOCC4)cc2N1. The predicted molar refractivity (Wildman–Crippen MR) is 83.5 cm³/mol. The van der Waals surface area contributed by atoms with E-state index < -0.39 is 0 Å². The maximum atomic E-state index is 12.6. The minimum absolute atomic E-state index is 0.0217. The lowest BCUT2D eigenvalue weighted by Gasteiger charge is -2.51. The highest BCUT2D eigenvalue weighted by Gasteiger charge is 2.50. The average Bonchev–Trinajstić information content (AvgIpc) is 2.54. The maximum Gasteiger partial charge on any atom is 0.262 e. The van der Waals surface area contributed by atoms with Crippen molar-refractivity contribution in [3.63, 3.8) is 0 Å². The van der Waals surface area contributed by atoms with E-state index in [1.165, 1.54) is 0 Å². The summed E-state index contributed by atoms with van der Waals surface area (Å²) in [5, 5.41) is 8.90. The first-order valence-corrected chi connectivity index (χ1v) is 7.85. The van der Waals surface area contributed by atoms with Gasteiger partial charge in [0.15, 0.2) is 6.61 Å². The van der Waals surface area contributed by atoms with E-state index in [1.54, 1.807) is 18.2 Å². The van der Waals surface area contributed by atoms with E-state index >= 15 is 0 Å². The van der Waals surface area contributed by atoms with Crippen molar-refractivity contribution >= 4 is 23.2 Å². The average molecular weight is 317 g/mol. The predicted octanol–water partition coefficient (Wildman–Crippen LogP) is 0.725. The zero-order valence-corrected chi connectivity index (χ0v) is 12.7. The lowest BCUT2D eigenvalue weighted by atomic mass is 9.67. The third-order valence-corrected chi connectivity index (χ3v) is 4.90. The fourth-order valence-electron chi connectivity index (χ4n) is 3.48. The molecule has 3 heterocycles. The van der Waals surface area contributed by atoms with Gasteiger partial charge in [0.05, 0.1) is 11.7 Å². The molecule has 122 valence electrons. The molecule has 23 heavy (non-hydrogen) atoms. The number of rotatable bonds is 2. The Bertz CT molecular complexity index is 655. The summed E-state index contributed by atoms with van der Waals surface area (Å²) < 4.78 is 10.7. The minimum atomic E-state index is -0.192.